The Bertz CT molecular complexity index is 730. The molecule has 0 saturated carbocycles. The number of para-hydroxylation sites is 1. The van der Waals surface area contributed by atoms with Gasteiger partial charge in [-0.3, -0.25) is 4.79 Å². The maximum absolute atomic E-state index is 11.9. The summed E-state index contributed by atoms with van der Waals surface area (Å²) in [5.74, 6) is 0.380. The lowest BCUT2D eigenvalue weighted by Gasteiger charge is -2.10. The van der Waals surface area contributed by atoms with Gasteiger partial charge in [0, 0.05) is 10.8 Å². The number of amides is 1. The second-order valence-electron chi connectivity index (χ2n) is 5.39. The average Bonchev–Trinajstić information content (AvgIpc) is 2.98. The van der Waals surface area contributed by atoms with Gasteiger partial charge in [-0.15, -0.1) is 11.8 Å². The van der Waals surface area contributed by atoms with Crippen molar-refractivity contribution < 1.29 is 9.90 Å². The van der Waals surface area contributed by atoms with E-state index in [2.05, 4.69) is 34.8 Å². The number of aromatic hydroxyl groups is 1. The summed E-state index contributed by atoms with van der Waals surface area (Å²) in [6.45, 7) is 0. The molecule has 118 valence electrons. The van der Waals surface area contributed by atoms with Crippen LogP contribution in [0.3, 0.4) is 0 Å². The molecule has 3 rings (SSSR count). The molecular weight excluding hydrogens is 308 g/mol. The SMILES string of the molecule is O=C(CS[C@H]1CCc2ccccc21)N/N=C\c1ccccc1O. The number of carbonyl (C=O) groups excluding carboxylic acids is 1. The zero-order chi connectivity index (χ0) is 16.1. The van der Waals surface area contributed by atoms with E-state index < -0.39 is 0 Å². The molecule has 1 aliphatic rings. The fourth-order valence-corrected chi connectivity index (χ4v) is 3.78. The average molecular weight is 326 g/mol. The Kier molecular flexibility index (Phi) is 4.98. The summed E-state index contributed by atoms with van der Waals surface area (Å²) in [5, 5.41) is 13.9. The van der Waals surface area contributed by atoms with Gasteiger partial charge in [0.15, 0.2) is 0 Å². The van der Waals surface area contributed by atoms with E-state index in [0.717, 1.165) is 12.8 Å². The molecular formula is C18H18N2O2S. The highest BCUT2D eigenvalue weighted by atomic mass is 32.2. The first-order valence-corrected chi connectivity index (χ1v) is 8.58. The van der Waals surface area contributed by atoms with E-state index in [1.165, 1.54) is 17.3 Å². The van der Waals surface area contributed by atoms with Crippen LogP contribution in [-0.2, 0) is 11.2 Å². The Balaban J connectivity index is 1.48. The van der Waals surface area contributed by atoms with E-state index in [0.29, 0.717) is 16.6 Å². The van der Waals surface area contributed by atoms with Crippen molar-refractivity contribution in [3.63, 3.8) is 0 Å². The summed E-state index contributed by atoms with van der Waals surface area (Å²) in [6.07, 6.45) is 3.61. The van der Waals surface area contributed by atoms with Crippen LogP contribution in [0.4, 0.5) is 0 Å². The second kappa shape index (κ2) is 7.33. The first-order valence-electron chi connectivity index (χ1n) is 7.53. The number of carbonyl (C=O) groups is 1. The van der Waals surface area contributed by atoms with Crippen molar-refractivity contribution in [3.8, 4) is 5.75 Å². The van der Waals surface area contributed by atoms with Crippen molar-refractivity contribution in [1.82, 2.24) is 5.43 Å². The molecule has 0 heterocycles. The van der Waals surface area contributed by atoms with Crippen LogP contribution >= 0.6 is 11.8 Å². The topological polar surface area (TPSA) is 61.7 Å². The minimum atomic E-state index is -0.133. The number of rotatable bonds is 5. The molecule has 4 nitrogen and oxygen atoms in total. The van der Waals surface area contributed by atoms with Crippen LogP contribution in [0.25, 0.3) is 0 Å². The number of thioether (sulfide) groups is 1. The maximum Gasteiger partial charge on any atom is 0.250 e. The minimum Gasteiger partial charge on any atom is -0.507 e. The zero-order valence-corrected chi connectivity index (χ0v) is 13.4. The number of phenolic OH excluding ortho intramolecular Hbond substituents is 1. The lowest BCUT2D eigenvalue weighted by Crippen LogP contribution is -2.20. The van der Waals surface area contributed by atoms with E-state index in [4.69, 9.17) is 0 Å². The van der Waals surface area contributed by atoms with Crippen LogP contribution in [0.1, 0.15) is 28.4 Å². The van der Waals surface area contributed by atoms with Crippen molar-refractivity contribution in [2.24, 2.45) is 5.10 Å². The number of nitrogens with zero attached hydrogens (tertiary/aromatic N) is 1. The van der Waals surface area contributed by atoms with Gasteiger partial charge in [0.05, 0.1) is 12.0 Å². The molecule has 0 bridgehead atoms. The quantitative estimate of drug-likeness (QED) is 0.655. The van der Waals surface area contributed by atoms with Crippen molar-refractivity contribution in [1.29, 1.82) is 0 Å². The predicted molar refractivity (Wildman–Crippen MR) is 93.8 cm³/mol. The highest BCUT2D eigenvalue weighted by Gasteiger charge is 2.22. The number of phenols is 1. The Morgan fingerprint density at radius 1 is 1.26 bits per heavy atom. The Morgan fingerprint density at radius 2 is 2.04 bits per heavy atom. The number of hydrogen-bond donors (Lipinski definition) is 2. The van der Waals surface area contributed by atoms with E-state index in [9.17, 15) is 9.90 Å². The monoisotopic (exact) mass is 326 g/mol. The van der Waals surface area contributed by atoms with Gasteiger partial charge in [-0.2, -0.15) is 5.10 Å². The summed E-state index contributed by atoms with van der Waals surface area (Å²) >= 11 is 1.65. The van der Waals surface area contributed by atoms with Gasteiger partial charge in [0.1, 0.15) is 5.75 Å². The van der Waals surface area contributed by atoms with Crippen molar-refractivity contribution in [2.45, 2.75) is 18.1 Å². The first-order chi connectivity index (χ1) is 11.2. The lowest BCUT2D eigenvalue weighted by molar-refractivity contribution is -0.118. The molecule has 0 saturated heterocycles. The molecule has 0 aromatic heterocycles. The van der Waals surface area contributed by atoms with Crippen LogP contribution in [-0.4, -0.2) is 23.0 Å². The molecule has 1 atom stereocenters. The molecule has 0 spiro atoms. The number of hydrazone groups is 1. The molecule has 2 aromatic rings. The van der Waals surface area contributed by atoms with Crippen LogP contribution in [0.2, 0.25) is 0 Å². The highest BCUT2D eigenvalue weighted by molar-refractivity contribution is 8.00. The molecule has 2 N–H and O–H groups in total. The summed E-state index contributed by atoms with van der Waals surface area (Å²) in [6, 6.07) is 15.3. The predicted octanol–water partition coefficient (Wildman–Crippen LogP) is 3.26. The third-order valence-electron chi connectivity index (χ3n) is 3.82. The summed E-state index contributed by atoms with van der Waals surface area (Å²) in [4.78, 5) is 11.9. The second-order valence-corrected chi connectivity index (χ2v) is 6.58. The standard InChI is InChI=1S/C18H18N2O2S/c21-16-8-4-2-6-14(16)11-19-20-18(22)12-23-17-10-9-13-5-1-3-7-15(13)17/h1-8,11,17,21H,9-10,12H2,(H,20,22)/b19-11-/t17-/m0/s1. The van der Waals surface area contributed by atoms with Gasteiger partial charge >= 0.3 is 0 Å². The summed E-state index contributed by atoms with van der Waals surface area (Å²) < 4.78 is 0. The Morgan fingerprint density at radius 3 is 2.91 bits per heavy atom. The fourth-order valence-electron chi connectivity index (χ4n) is 2.67. The fraction of sp³-hybridized carbons (Fsp3) is 0.222. The number of aryl methyl sites for hydroxylation is 1. The molecule has 0 aliphatic heterocycles. The largest absolute Gasteiger partial charge is 0.507 e. The van der Waals surface area contributed by atoms with Gasteiger partial charge in [-0.05, 0) is 36.1 Å². The van der Waals surface area contributed by atoms with E-state index in [-0.39, 0.29) is 11.7 Å². The molecule has 0 radical (unpaired) electrons. The molecule has 0 fully saturated rings. The summed E-state index contributed by atoms with van der Waals surface area (Å²) in [7, 11) is 0. The first kappa shape index (κ1) is 15.6. The molecule has 2 aromatic carbocycles. The van der Waals surface area contributed by atoms with Crippen LogP contribution in [0.15, 0.2) is 53.6 Å². The van der Waals surface area contributed by atoms with Gasteiger partial charge in [0.25, 0.3) is 0 Å². The van der Waals surface area contributed by atoms with E-state index >= 15 is 0 Å². The minimum absolute atomic E-state index is 0.133. The molecule has 23 heavy (non-hydrogen) atoms. The summed E-state index contributed by atoms with van der Waals surface area (Å²) in [5.41, 5.74) is 5.82. The third kappa shape index (κ3) is 3.93. The number of nitrogens with one attached hydrogen (secondary N) is 1. The third-order valence-corrected chi connectivity index (χ3v) is 5.14. The van der Waals surface area contributed by atoms with Crippen molar-refractivity contribution in [3.05, 3.63) is 65.2 Å². The molecule has 1 aliphatic carbocycles. The smallest absolute Gasteiger partial charge is 0.250 e. The van der Waals surface area contributed by atoms with E-state index in [1.807, 2.05) is 0 Å². The molecule has 5 heteroatoms. The number of benzene rings is 2. The zero-order valence-electron chi connectivity index (χ0n) is 12.6. The maximum atomic E-state index is 11.9. The molecule has 1 amide bonds. The van der Waals surface area contributed by atoms with Gasteiger partial charge in [0.2, 0.25) is 5.91 Å². The number of hydrogen-bond acceptors (Lipinski definition) is 4. The van der Waals surface area contributed by atoms with Gasteiger partial charge in [-0.1, -0.05) is 36.4 Å². The van der Waals surface area contributed by atoms with E-state index in [1.54, 1.807) is 36.0 Å². The molecule has 0 unspecified atom stereocenters. The van der Waals surface area contributed by atoms with Crippen molar-refractivity contribution >= 4 is 23.9 Å². The normalized spacial score (nSPS) is 16.4. The number of fused-ring (bicyclic) bond motifs is 1. The Hall–Kier alpha value is -2.27. The lowest BCUT2D eigenvalue weighted by atomic mass is 10.1. The van der Waals surface area contributed by atoms with Gasteiger partial charge in [-0.25, -0.2) is 5.43 Å². The van der Waals surface area contributed by atoms with Crippen LogP contribution in [0, 0.1) is 0 Å². The highest BCUT2D eigenvalue weighted by Crippen LogP contribution is 2.40. The van der Waals surface area contributed by atoms with Crippen LogP contribution < -0.4 is 5.43 Å². The van der Waals surface area contributed by atoms with Gasteiger partial charge < -0.3 is 5.11 Å². The van der Waals surface area contributed by atoms with Crippen LogP contribution in [0.5, 0.6) is 5.75 Å². The Labute approximate surface area is 139 Å². The van der Waals surface area contributed by atoms with Crippen molar-refractivity contribution in [2.75, 3.05) is 5.75 Å².